The number of halogens is 1. The van der Waals surface area contributed by atoms with Gasteiger partial charge >= 0.3 is 0 Å². The van der Waals surface area contributed by atoms with E-state index < -0.39 is 10.0 Å². The number of hydrogen-bond donors (Lipinski definition) is 1. The van der Waals surface area contributed by atoms with Gasteiger partial charge in [-0.15, -0.1) is 0 Å². The van der Waals surface area contributed by atoms with Crippen molar-refractivity contribution < 1.29 is 13.2 Å². The van der Waals surface area contributed by atoms with Crippen molar-refractivity contribution in [3.05, 3.63) is 34.9 Å². The number of rotatable bonds is 5. The van der Waals surface area contributed by atoms with E-state index in [0.29, 0.717) is 48.5 Å². The van der Waals surface area contributed by atoms with Gasteiger partial charge in [0.1, 0.15) is 0 Å². The Morgan fingerprint density at radius 2 is 1.93 bits per heavy atom. The molecule has 148 valence electrons. The molecule has 7 heteroatoms. The SMILES string of the molecule is O=C(N[C@H]1C[C@H]2CC[C@H]1C2)C1CCN(S(=O)(=O)Cc2cccc(Cl)c2)CC1. The predicted octanol–water partition coefficient (Wildman–Crippen LogP) is 3.19. The maximum Gasteiger partial charge on any atom is 0.223 e. The molecule has 5 nitrogen and oxygen atoms in total. The van der Waals surface area contributed by atoms with Crippen LogP contribution < -0.4 is 5.32 Å². The normalized spacial score (nSPS) is 29.1. The molecule has 1 amide bonds. The Labute approximate surface area is 166 Å². The van der Waals surface area contributed by atoms with Crippen LogP contribution in [0.2, 0.25) is 5.02 Å². The van der Waals surface area contributed by atoms with Crippen LogP contribution in [0.4, 0.5) is 0 Å². The molecule has 3 fully saturated rings. The minimum absolute atomic E-state index is 0.0461. The van der Waals surface area contributed by atoms with Gasteiger partial charge in [0, 0.05) is 30.1 Å². The largest absolute Gasteiger partial charge is 0.353 e. The summed E-state index contributed by atoms with van der Waals surface area (Å²) < 4.78 is 26.9. The van der Waals surface area contributed by atoms with Crippen molar-refractivity contribution in [2.75, 3.05) is 13.1 Å². The van der Waals surface area contributed by atoms with Crippen LogP contribution in [0.25, 0.3) is 0 Å². The van der Waals surface area contributed by atoms with E-state index in [9.17, 15) is 13.2 Å². The van der Waals surface area contributed by atoms with Crippen molar-refractivity contribution in [3.8, 4) is 0 Å². The van der Waals surface area contributed by atoms with Crippen LogP contribution >= 0.6 is 11.6 Å². The zero-order chi connectivity index (χ0) is 19.0. The molecule has 1 aromatic rings. The van der Waals surface area contributed by atoms with Gasteiger partial charge in [0.25, 0.3) is 0 Å². The summed E-state index contributed by atoms with van der Waals surface area (Å²) in [7, 11) is -3.39. The molecule has 1 N–H and O–H groups in total. The van der Waals surface area contributed by atoms with Gasteiger partial charge in [-0.3, -0.25) is 4.79 Å². The molecular formula is C20H27ClN2O3S. The van der Waals surface area contributed by atoms with Gasteiger partial charge in [-0.05, 0) is 61.6 Å². The van der Waals surface area contributed by atoms with Gasteiger partial charge < -0.3 is 5.32 Å². The van der Waals surface area contributed by atoms with E-state index in [-0.39, 0.29) is 17.6 Å². The lowest BCUT2D eigenvalue weighted by molar-refractivity contribution is -0.127. The van der Waals surface area contributed by atoms with Gasteiger partial charge in [0.2, 0.25) is 15.9 Å². The second-order valence-corrected chi connectivity index (χ2v) is 10.8. The molecule has 0 unspecified atom stereocenters. The third-order valence-electron chi connectivity index (χ3n) is 6.52. The van der Waals surface area contributed by atoms with Crippen LogP contribution in [-0.2, 0) is 20.6 Å². The van der Waals surface area contributed by atoms with Crippen LogP contribution in [0.3, 0.4) is 0 Å². The Morgan fingerprint density at radius 3 is 2.56 bits per heavy atom. The number of carbonyl (C=O) groups is 1. The third-order valence-corrected chi connectivity index (χ3v) is 8.61. The fourth-order valence-corrected chi connectivity index (χ4v) is 6.81. The second-order valence-electron chi connectivity index (χ2n) is 8.35. The summed E-state index contributed by atoms with van der Waals surface area (Å²) in [4.78, 5) is 12.6. The summed E-state index contributed by atoms with van der Waals surface area (Å²) in [5.74, 6) is 1.48. The lowest BCUT2D eigenvalue weighted by Crippen LogP contribution is -2.46. The number of fused-ring (bicyclic) bond motifs is 2. The van der Waals surface area contributed by atoms with Gasteiger partial charge in [-0.1, -0.05) is 30.2 Å². The Morgan fingerprint density at radius 1 is 1.15 bits per heavy atom. The van der Waals surface area contributed by atoms with Crippen LogP contribution in [0, 0.1) is 17.8 Å². The third kappa shape index (κ3) is 4.33. The zero-order valence-electron chi connectivity index (χ0n) is 15.4. The number of carbonyl (C=O) groups excluding carboxylic acids is 1. The monoisotopic (exact) mass is 410 g/mol. The molecule has 2 saturated carbocycles. The standard InChI is InChI=1S/C20H27ClN2O3S/c21-18-3-1-2-15(11-18)13-27(25,26)23-8-6-16(7-9-23)20(24)22-19-12-14-4-5-17(19)10-14/h1-3,11,14,16-17,19H,4-10,12-13H2,(H,22,24)/t14-,17-,19-/m0/s1. The number of hydrogen-bond acceptors (Lipinski definition) is 3. The first-order chi connectivity index (χ1) is 12.9. The van der Waals surface area contributed by atoms with E-state index in [4.69, 9.17) is 11.6 Å². The van der Waals surface area contributed by atoms with E-state index in [1.165, 1.54) is 23.6 Å². The van der Waals surface area contributed by atoms with Crippen molar-refractivity contribution in [2.24, 2.45) is 17.8 Å². The fourth-order valence-electron chi connectivity index (χ4n) is 5.05. The maximum absolute atomic E-state index is 12.7. The molecular weight excluding hydrogens is 384 g/mol. The van der Waals surface area contributed by atoms with Crippen LogP contribution in [0.15, 0.2) is 24.3 Å². The summed E-state index contributed by atoms with van der Waals surface area (Å²) in [6, 6.07) is 7.31. The van der Waals surface area contributed by atoms with Crippen molar-refractivity contribution in [1.82, 2.24) is 9.62 Å². The van der Waals surface area contributed by atoms with Crippen LogP contribution in [0.1, 0.15) is 44.1 Å². The van der Waals surface area contributed by atoms with Crippen molar-refractivity contribution >= 4 is 27.5 Å². The summed E-state index contributed by atoms with van der Waals surface area (Å²) in [6.45, 7) is 0.829. The molecule has 27 heavy (non-hydrogen) atoms. The molecule has 1 aromatic carbocycles. The van der Waals surface area contributed by atoms with E-state index in [1.807, 2.05) is 0 Å². The molecule has 0 spiro atoms. The zero-order valence-corrected chi connectivity index (χ0v) is 17.0. The number of benzene rings is 1. The first-order valence-electron chi connectivity index (χ1n) is 9.93. The van der Waals surface area contributed by atoms with Crippen molar-refractivity contribution in [3.63, 3.8) is 0 Å². The minimum Gasteiger partial charge on any atom is -0.353 e. The molecule has 1 heterocycles. The number of sulfonamides is 1. The van der Waals surface area contributed by atoms with Crippen molar-refractivity contribution in [2.45, 2.75) is 50.3 Å². The fraction of sp³-hybridized carbons (Fsp3) is 0.650. The maximum atomic E-state index is 12.7. The smallest absolute Gasteiger partial charge is 0.223 e. The number of nitrogens with one attached hydrogen (secondary N) is 1. The number of nitrogens with zero attached hydrogens (tertiary/aromatic N) is 1. The van der Waals surface area contributed by atoms with E-state index in [2.05, 4.69) is 5.32 Å². The molecule has 3 atom stereocenters. The Kier molecular flexibility index (Phi) is 5.50. The average Bonchev–Trinajstić information content (AvgIpc) is 3.24. The predicted molar refractivity (Wildman–Crippen MR) is 106 cm³/mol. The summed E-state index contributed by atoms with van der Waals surface area (Å²) in [6.07, 6.45) is 6.16. The highest BCUT2D eigenvalue weighted by Crippen LogP contribution is 2.44. The molecule has 0 radical (unpaired) electrons. The molecule has 2 aliphatic carbocycles. The van der Waals surface area contributed by atoms with Crippen molar-refractivity contribution in [1.29, 1.82) is 0 Å². The topological polar surface area (TPSA) is 66.5 Å². The van der Waals surface area contributed by atoms with Crippen LogP contribution in [-0.4, -0.2) is 37.8 Å². The minimum atomic E-state index is -3.39. The molecule has 2 bridgehead atoms. The quantitative estimate of drug-likeness (QED) is 0.810. The van der Waals surface area contributed by atoms with Gasteiger partial charge in [0.15, 0.2) is 0 Å². The van der Waals surface area contributed by atoms with Gasteiger partial charge in [-0.2, -0.15) is 0 Å². The van der Waals surface area contributed by atoms with E-state index in [0.717, 1.165) is 12.3 Å². The second kappa shape index (κ2) is 7.72. The summed E-state index contributed by atoms with van der Waals surface area (Å²) in [5, 5.41) is 3.80. The van der Waals surface area contributed by atoms with E-state index in [1.54, 1.807) is 24.3 Å². The summed E-state index contributed by atoms with van der Waals surface area (Å²) >= 11 is 5.95. The Hall–Kier alpha value is -1.11. The molecule has 0 aromatic heterocycles. The Bertz CT molecular complexity index is 805. The number of amides is 1. The highest BCUT2D eigenvalue weighted by atomic mass is 35.5. The highest BCUT2D eigenvalue weighted by molar-refractivity contribution is 7.88. The lowest BCUT2D eigenvalue weighted by Gasteiger charge is -2.32. The first-order valence-corrected chi connectivity index (χ1v) is 11.9. The molecule has 1 saturated heterocycles. The molecule has 3 aliphatic rings. The Balaban J connectivity index is 1.29. The van der Waals surface area contributed by atoms with Gasteiger partial charge in [-0.25, -0.2) is 12.7 Å². The van der Waals surface area contributed by atoms with Gasteiger partial charge in [0.05, 0.1) is 5.75 Å². The van der Waals surface area contributed by atoms with Crippen LogP contribution in [0.5, 0.6) is 0 Å². The molecule has 1 aliphatic heterocycles. The average molecular weight is 411 g/mol. The first kappa shape index (κ1) is 19.2. The van der Waals surface area contributed by atoms with E-state index >= 15 is 0 Å². The highest BCUT2D eigenvalue weighted by Gasteiger charge is 2.41. The lowest BCUT2D eigenvalue weighted by atomic mass is 9.93. The molecule has 4 rings (SSSR count). The number of piperidine rings is 1. The summed E-state index contributed by atoms with van der Waals surface area (Å²) in [5.41, 5.74) is 0.693.